The van der Waals surface area contributed by atoms with Crippen LogP contribution in [0.4, 0.5) is 5.82 Å². The van der Waals surface area contributed by atoms with Gasteiger partial charge in [-0.15, -0.1) is 0 Å². The third-order valence-electron chi connectivity index (χ3n) is 3.03. The maximum Gasteiger partial charge on any atom is 0.161 e. The molecule has 1 aromatic carbocycles. The molecule has 0 unspecified atom stereocenters. The Morgan fingerprint density at radius 2 is 1.90 bits per heavy atom. The predicted molar refractivity (Wildman–Crippen MR) is 95.6 cm³/mol. The molecule has 0 aliphatic heterocycles. The van der Waals surface area contributed by atoms with Gasteiger partial charge in [-0.3, -0.25) is 0 Å². The Labute approximate surface area is 142 Å². The van der Waals surface area contributed by atoms with Crippen molar-refractivity contribution in [2.75, 3.05) is 11.9 Å². The molecule has 1 aromatic heterocycles. The lowest BCUT2D eigenvalue weighted by atomic mass is 10.2. The van der Waals surface area contributed by atoms with E-state index < -0.39 is 0 Å². The Kier molecular flexibility index (Phi) is 6.18. The summed E-state index contributed by atoms with van der Waals surface area (Å²) in [7, 11) is 0. The molecular formula is C16H19Br2N3. The number of aryl methyl sites for hydroxylation is 1. The van der Waals surface area contributed by atoms with Crippen LogP contribution in [0.25, 0.3) is 11.4 Å². The van der Waals surface area contributed by atoms with Gasteiger partial charge in [-0.05, 0) is 40.9 Å². The Balaban J connectivity index is 2.47. The molecule has 0 amide bonds. The first-order valence-electron chi connectivity index (χ1n) is 7.22. The number of rotatable bonds is 6. The molecule has 0 saturated heterocycles. The summed E-state index contributed by atoms with van der Waals surface area (Å²) in [6.45, 7) is 5.20. The minimum atomic E-state index is 0.765. The first kappa shape index (κ1) is 16.4. The topological polar surface area (TPSA) is 37.8 Å². The van der Waals surface area contributed by atoms with Gasteiger partial charge in [0.2, 0.25) is 0 Å². The molecule has 0 aliphatic carbocycles. The Morgan fingerprint density at radius 3 is 2.57 bits per heavy atom. The van der Waals surface area contributed by atoms with Gasteiger partial charge in [-0.2, -0.15) is 0 Å². The van der Waals surface area contributed by atoms with Gasteiger partial charge in [0.05, 0.1) is 10.2 Å². The van der Waals surface area contributed by atoms with Crippen molar-refractivity contribution in [3.8, 4) is 11.4 Å². The van der Waals surface area contributed by atoms with E-state index in [1.54, 1.807) is 0 Å². The molecule has 1 N–H and O–H groups in total. The maximum atomic E-state index is 4.72. The molecule has 5 heteroatoms. The maximum absolute atomic E-state index is 4.72. The molecule has 0 atom stereocenters. The molecule has 112 valence electrons. The normalized spacial score (nSPS) is 10.7. The quantitative estimate of drug-likeness (QED) is 0.685. The van der Waals surface area contributed by atoms with Gasteiger partial charge in [-0.25, -0.2) is 9.97 Å². The number of hydrogen-bond donors (Lipinski definition) is 1. The van der Waals surface area contributed by atoms with E-state index in [4.69, 9.17) is 4.98 Å². The number of aromatic nitrogens is 2. The minimum Gasteiger partial charge on any atom is -0.369 e. The molecule has 0 radical (unpaired) electrons. The number of halogens is 2. The molecule has 1 heterocycles. The van der Waals surface area contributed by atoms with E-state index in [0.717, 1.165) is 57.7 Å². The van der Waals surface area contributed by atoms with Gasteiger partial charge in [-0.1, -0.05) is 48.3 Å². The highest BCUT2D eigenvalue weighted by Crippen LogP contribution is 2.29. The SMILES string of the molecule is CCCNc1nc(-c2cccc(Br)c2)nc(CCC)c1Br. The summed E-state index contributed by atoms with van der Waals surface area (Å²) in [4.78, 5) is 9.40. The number of benzene rings is 1. The summed E-state index contributed by atoms with van der Waals surface area (Å²) < 4.78 is 2.02. The zero-order valence-corrected chi connectivity index (χ0v) is 15.5. The van der Waals surface area contributed by atoms with Gasteiger partial charge in [0.15, 0.2) is 5.82 Å². The van der Waals surface area contributed by atoms with Crippen molar-refractivity contribution in [1.82, 2.24) is 9.97 Å². The minimum absolute atomic E-state index is 0.765. The summed E-state index contributed by atoms with van der Waals surface area (Å²) in [6, 6.07) is 8.09. The molecule has 3 nitrogen and oxygen atoms in total. The third kappa shape index (κ3) is 4.27. The number of nitrogens with zero attached hydrogens (tertiary/aromatic N) is 2. The van der Waals surface area contributed by atoms with Crippen LogP contribution in [0.2, 0.25) is 0 Å². The first-order valence-corrected chi connectivity index (χ1v) is 8.80. The fourth-order valence-corrected chi connectivity index (χ4v) is 2.93. The Morgan fingerprint density at radius 1 is 1.10 bits per heavy atom. The van der Waals surface area contributed by atoms with Gasteiger partial charge in [0.1, 0.15) is 5.82 Å². The van der Waals surface area contributed by atoms with Crippen LogP contribution in [0.5, 0.6) is 0 Å². The van der Waals surface area contributed by atoms with E-state index in [1.165, 1.54) is 0 Å². The van der Waals surface area contributed by atoms with Gasteiger partial charge < -0.3 is 5.32 Å². The van der Waals surface area contributed by atoms with E-state index in [0.29, 0.717) is 0 Å². The zero-order chi connectivity index (χ0) is 15.2. The number of anilines is 1. The highest BCUT2D eigenvalue weighted by molar-refractivity contribution is 9.11. The third-order valence-corrected chi connectivity index (χ3v) is 4.36. The van der Waals surface area contributed by atoms with Crippen LogP contribution in [0.3, 0.4) is 0 Å². The van der Waals surface area contributed by atoms with E-state index >= 15 is 0 Å². The van der Waals surface area contributed by atoms with E-state index in [1.807, 2.05) is 24.3 Å². The van der Waals surface area contributed by atoms with Gasteiger partial charge in [0.25, 0.3) is 0 Å². The molecule has 2 rings (SSSR count). The second kappa shape index (κ2) is 7.90. The van der Waals surface area contributed by atoms with Crippen LogP contribution in [-0.4, -0.2) is 16.5 Å². The first-order chi connectivity index (χ1) is 10.2. The van der Waals surface area contributed by atoms with Crippen molar-refractivity contribution in [1.29, 1.82) is 0 Å². The second-order valence-corrected chi connectivity index (χ2v) is 6.55. The second-order valence-electron chi connectivity index (χ2n) is 4.84. The summed E-state index contributed by atoms with van der Waals surface area (Å²) in [6.07, 6.45) is 3.05. The van der Waals surface area contributed by atoms with Crippen molar-refractivity contribution >= 4 is 37.7 Å². The van der Waals surface area contributed by atoms with Crippen LogP contribution in [0, 0.1) is 0 Å². The van der Waals surface area contributed by atoms with Gasteiger partial charge >= 0.3 is 0 Å². The van der Waals surface area contributed by atoms with Crippen LogP contribution in [-0.2, 0) is 6.42 Å². The summed E-state index contributed by atoms with van der Waals surface area (Å²) >= 11 is 7.14. The molecule has 0 aliphatic rings. The standard InChI is InChI=1S/C16H19Br2N3/c1-3-6-13-14(18)16(19-9-4-2)21-15(20-13)11-7-5-8-12(17)10-11/h5,7-8,10H,3-4,6,9H2,1-2H3,(H,19,20,21). The number of hydrogen-bond acceptors (Lipinski definition) is 3. The van der Waals surface area contributed by atoms with Crippen LogP contribution in [0.15, 0.2) is 33.2 Å². The smallest absolute Gasteiger partial charge is 0.161 e. The lowest BCUT2D eigenvalue weighted by Gasteiger charge is -2.12. The summed E-state index contributed by atoms with van der Waals surface area (Å²) in [5.74, 6) is 1.65. The largest absolute Gasteiger partial charge is 0.369 e. The molecule has 0 saturated carbocycles. The lowest BCUT2D eigenvalue weighted by Crippen LogP contribution is -2.07. The van der Waals surface area contributed by atoms with Crippen LogP contribution < -0.4 is 5.32 Å². The van der Waals surface area contributed by atoms with Crippen molar-refractivity contribution < 1.29 is 0 Å². The highest BCUT2D eigenvalue weighted by Gasteiger charge is 2.13. The predicted octanol–water partition coefficient (Wildman–Crippen LogP) is 5.44. The fraction of sp³-hybridized carbons (Fsp3) is 0.375. The molecule has 0 bridgehead atoms. The number of nitrogens with one attached hydrogen (secondary N) is 1. The van der Waals surface area contributed by atoms with Crippen LogP contribution in [0.1, 0.15) is 32.4 Å². The molecule has 0 fully saturated rings. The molecule has 0 spiro atoms. The Bertz CT molecular complexity index is 614. The van der Waals surface area contributed by atoms with Gasteiger partial charge in [0, 0.05) is 16.6 Å². The van der Waals surface area contributed by atoms with Crippen molar-refractivity contribution in [2.24, 2.45) is 0 Å². The van der Waals surface area contributed by atoms with Crippen molar-refractivity contribution in [3.05, 3.63) is 38.9 Å². The Hall–Kier alpha value is -0.940. The van der Waals surface area contributed by atoms with Crippen LogP contribution >= 0.6 is 31.9 Å². The monoisotopic (exact) mass is 411 g/mol. The average Bonchev–Trinajstić information content (AvgIpc) is 2.48. The molecular weight excluding hydrogens is 394 g/mol. The highest BCUT2D eigenvalue weighted by atomic mass is 79.9. The van der Waals surface area contributed by atoms with Crippen molar-refractivity contribution in [3.63, 3.8) is 0 Å². The van der Waals surface area contributed by atoms with E-state index in [2.05, 4.69) is 56.0 Å². The average molecular weight is 413 g/mol. The fourth-order valence-electron chi connectivity index (χ4n) is 2.01. The zero-order valence-electron chi connectivity index (χ0n) is 12.3. The summed E-state index contributed by atoms with van der Waals surface area (Å²) in [5.41, 5.74) is 2.08. The summed E-state index contributed by atoms with van der Waals surface area (Å²) in [5, 5.41) is 3.38. The van der Waals surface area contributed by atoms with E-state index in [-0.39, 0.29) is 0 Å². The molecule has 21 heavy (non-hydrogen) atoms. The van der Waals surface area contributed by atoms with Crippen molar-refractivity contribution in [2.45, 2.75) is 33.1 Å². The molecule has 2 aromatic rings. The lowest BCUT2D eigenvalue weighted by molar-refractivity contribution is 0.864. The van der Waals surface area contributed by atoms with E-state index in [9.17, 15) is 0 Å².